The van der Waals surface area contributed by atoms with E-state index in [1.54, 1.807) is 25.2 Å². The fourth-order valence-electron chi connectivity index (χ4n) is 2.14. The van der Waals surface area contributed by atoms with Gasteiger partial charge >= 0.3 is 5.97 Å². The minimum atomic E-state index is -0.924. The number of hydrogen-bond acceptors (Lipinski definition) is 3. The normalized spacial score (nSPS) is 10.7. The molecule has 100 valence electrons. The summed E-state index contributed by atoms with van der Waals surface area (Å²) >= 11 is 0. The van der Waals surface area contributed by atoms with Crippen LogP contribution in [0.3, 0.4) is 0 Å². The quantitative estimate of drug-likeness (QED) is 0.681. The SMILES string of the molecule is CNc1nc2ccc(-c3cccc(C(=O)O)c3)cc2[nH]1. The molecule has 1 aromatic heterocycles. The van der Waals surface area contributed by atoms with E-state index in [0.717, 1.165) is 22.2 Å². The van der Waals surface area contributed by atoms with Crippen molar-refractivity contribution >= 4 is 23.0 Å². The Labute approximate surface area is 115 Å². The molecule has 0 fully saturated rings. The van der Waals surface area contributed by atoms with E-state index in [4.69, 9.17) is 5.11 Å². The zero-order valence-electron chi connectivity index (χ0n) is 10.8. The summed E-state index contributed by atoms with van der Waals surface area (Å²) in [7, 11) is 1.80. The zero-order valence-corrected chi connectivity index (χ0v) is 10.8. The second kappa shape index (κ2) is 4.70. The fraction of sp³-hybridized carbons (Fsp3) is 0.0667. The Hall–Kier alpha value is -2.82. The summed E-state index contributed by atoms with van der Waals surface area (Å²) in [6.07, 6.45) is 0. The molecule has 0 saturated carbocycles. The Morgan fingerprint density at radius 3 is 2.75 bits per heavy atom. The van der Waals surface area contributed by atoms with Crippen molar-refractivity contribution in [3.63, 3.8) is 0 Å². The number of carboxylic acids is 1. The van der Waals surface area contributed by atoms with E-state index in [-0.39, 0.29) is 5.56 Å². The maximum Gasteiger partial charge on any atom is 0.335 e. The Balaban J connectivity index is 2.09. The minimum absolute atomic E-state index is 0.281. The minimum Gasteiger partial charge on any atom is -0.478 e. The van der Waals surface area contributed by atoms with Crippen molar-refractivity contribution in [3.8, 4) is 11.1 Å². The number of fused-ring (bicyclic) bond motifs is 1. The van der Waals surface area contributed by atoms with Gasteiger partial charge in [0.25, 0.3) is 0 Å². The number of rotatable bonds is 3. The van der Waals surface area contributed by atoms with E-state index in [0.29, 0.717) is 5.95 Å². The highest BCUT2D eigenvalue weighted by atomic mass is 16.4. The molecule has 2 aromatic carbocycles. The molecule has 0 saturated heterocycles. The van der Waals surface area contributed by atoms with Crippen LogP contribution < -0.4 is 5.32 Å². The second-order valence-electron chi connectivity index (χ2n) is 4.45. The number of nitrogens with one attached hydrogen (secondary N) is 2. The van der Waals surface area contributed by atoms with Gasteiger partial charge < -0.3 is 15.4 Å². The van der Waals surface area contributed by atoms with E-state index in [2.05, 4.69) is 15.3 Å². The lowest BCUT2D eigenvalue weighted by Gasteiger charge is -2.03. The number of H-pyrrole nitrogens is 1. The van der Waals surface area contributed by atoms with Crippen LogP contribution in [-0.4, -0.2) is 28.1 Å². The van der Waals surface area contributed by atoms with Crippen LogP contribution in [0.1, 0.15) is 10.4 Å². The zero-order chi connectivity index (χ0) is 14.1. The number of benzene rings is 2. The summed E-state index contributed by atoms with van der Waals surface area (Å²) in [5.74, 6) is -0.219. The summed E-state index contributed by atoms with van der Waals surface area (Å²) in [6, 6.07) is 12.7. The van der Waals surface area contributed by atoms with Gasteiger partial charge in [0.2, 0.25) is 5.95 Å². The van der Waals surface area contributed by atoms with Gasteiger partial charge in [-0.15, -0.1) is 0 Å². The number of aromatic carboxylic acids is 1. The van der Waals surface area contributed by atoms with Gasteiger partial charge in [-0.3, -0.25) is 0 Å². The fourth-order valence-corrected chi connectivity index (χ4v) is 2.14. The third-order valence-corrected chi connectivity index (χ3v) is 3.16. The van der Waals surface area contributed by atoms with Crippen molar-refractivity contribution in [2.24, 2.45) is 0 Å². The van der Waals surface area contributed by atoms with Gasteiger partial charge in [-0.25, -0.2) is 9.78 Å². The average Bonchev–Trinajstić information content (AvgIpc) is 2.89. The lowest BCUT2D eigenvalue weighted by molar-refractivity contribution is 0.0697. The van der Waals surface area contributed by atoms with Gasteiger partial charge in [0.1, 0.15) is 0 Å². The van der Waals surface area contributed by atoms with Gasteiger partial charge in [0.15, 0.2) is 0 Å². The second-order valence-corrected chi connectivity index (χ2v) is 4.45. The molecular formula is C15H13N3O2. The lowest BCUT2D eigenvalue weighted by atomic mass is 10.0. The molecule has 0 spiro atoms. The Kier molecular flexibility index (Phi) is 2.87. The summed E-state index contributed by atoms with van der Waals surface area (Å²) in [6.45, 7) is 0. The highest BCUT2D eigenvalue weighted by Gasteiger charge is 2.07. The van der Waals surface area contributed by atoms with Crippen LogP contribution in [0.2, 0.25) is 0 Å². The third-order valence-electron chi connectivity index (χ3n) is 3.16. The monoisotopic (exact) mass is 267 g/mol. The largest absolute Gasteiger partial charge is 0.478 e. The van der Waals surface area contributed by atoms with Crippen molar-refractivity contribution in [1.29, 1.82) is 0 Å². The summed E-state index contributed by atoms with van der Waals surface area (Å²) < 4.78 is 0. The molecule has 5 nitrogen and oxygen atoms in total. The first-order chi connectivity index (χ1) is 9.67. The number of imidazole rings is 1. The van der Waals surface area contributed by atoms with Crippen molar-refractivity contribution < 1.29 is 9.90 Å². The van der Waals surface area contributed by atoms with Gasteiger partial charge in [-0.1, -0.05) is 18.2 Å². The molecule has 3 rings (SSSR count). The number of anilines is 1. The highest BCUT2D eigenvalue weighted by Crippen LogP contribution is 2.25. The Bertz CT molecular complexity index is 793. The molecule has 0 radical (unpaired) electrons. The molecule has 0 aliphatic carbocycles. The summed E-state index contributed by atoms with van der Waals surface area (Å²) in [4.78, 5) is 18.5. The molecular weight excluding hydrogens is 254 g/mol. The Morgan fingerprint density at radius 2 is 2.00 bits per heavy atom. The molecule has 0 bridgehead atoms. The van der Waals surface area contributed by atoms with E-state index in [1.807, 2.05) is 24.3 Å². The molecule has 20 heavy (non-hydrogen) atoms. The smallest absolute Gasteiger partial charge is 0.335 e. The number of aromatic nitrogens is 2. The van der Waals surface area contributed by atoms with Crippen molar-refractivity contribution in [1.82, 2.24) is 9.97 Å². The lowest BCUT2D eigenvalue weighted by Crippen LogP contribution is -1.95. The van der Waals surface area contributed by atoms with Crippen LogP contribution in [0.15, 0.2) is 42.5 Å². The molecule has 0 amide bonds. The number of carboxylic acid groups (broad SMARTS) is 1. The van der Waals surface area contributed by atoms with E-state index in [1.165, 1.54) is 0 Å². The predicted molar refractivity (Wildman–Crippen MR) is 78.0 cm³/mol. The maximum absolute atomic E-state index is 11.0. The van der Waals surface area contributed by atoms with Crippen LogP contribution in [0.4, 0.5) is 5.95 Å². The molecule has 0 atom stereocenters. The topological polar surface area (TPSA) is 78.0 Å². The Morgan fingerprint density at radius 1 is 1.20 bits per heavy atom. The molecule has 3 aromatic rings. The standard InChI is InChI=1S/C15H13N3O2/c1-16-15-17-12-6-5-10(8-13(12)18-15)9-3-2-4-11(7-9)14(19)20/h2-8H,1H3,(H,19,20)(H2,16,17,18). The first kappa shape index (κ1) is 12.2. The first-order valence-electron chi connectivity index (χ1n) is 6.18. The summed E-state index contributed by atoms with van der Waals surface area (Å²) in [5, 5.41) is 12.0. The molecule has 0 unspecified atom stereocenters. The van der Waals surface area contributed by atoms with Crippen molar-refractivity contribution in [2.45, 2.75) is 0 Å². The van der Waals surface area contributed by atoms with Crippen molar-refractivity contribution in [2.75, 3.05) is 12.4 Å². The van der Waals surface area contributed by atoms with Crippen LogP contribution >= 0.6 is 0 Å². The van der Waals surface area contributed by atoms with Crippen LogP contribution in [0.25, 0.3) is 22.2 Å². The van der Waals surface area contributed by atoms with Gasteiger partial charge in [-0.2, -0.15) is 0 Å². The van der Waals surface area contributed by atoms with E-state index < -0.39 is 5.97 Å². The van der Waals surface area contributed by atoms with E-state index in [9.17, 15) is 4.79 Å². The molecule has 0 aliphatic heterocycles. The van der Waals surface area contributed by atoms with Crippen molar-refractivity contribution in [3.05, 3.63) is 48.0 Å². The number of hydrogen-bond donors (Lipinski definition) is 3. The first-order valence-corrected chi connectivity index (χ1v) is 6.18. The maximum atomic E-state index is 11.0. The summed E-state index contributed by atoms with van der Waals surface area (Å²) in [5.41, 5.74) is 3.88. The highest BCUT2D eigenvalue weighted by molar-refractivity contribution is 5.90. The molecule has 0 aliphatic rings. The number of aromatic amines is 1. The van der Waals surface area contributed by atoms with Gasteiger partial charge in [0.05, 0.1) is 16.6 Å². The van der Waals surface area contributed by atoms with Gasteiger partial charge in [-0.05, 0) is 35.4 Å². The van der Waals surface area contributed by atoms with E-state index >= 15 is 0 Å². The van der Waals surface area contributed by atoms with Crippen LogP contribution in [0, 0.1) is 0 Å². The predicted octanol–water partition coefficient (Wildman–Crippen LogP) is 2.97. The molecule has 5 heteroatoms. The molecule has 3 N–H and O–H groups in total. The third kappa shape index (κ3) is 2.09. The molecule has 1 heterocycles. The average molecular weight is 267 g/mol. The van der Waals surface area contributed by atoms with Crippen LogP contribution in [-0.2, 0) is 0 Å². The van der Waals surface area contributed by atoms with Gasteiger partial charge in [0, 0.05) is 7.05 Å². The number of nitrogens with zero attached hydrogens (tertiary/aromatic N) is 1. The number of carbonyl (C=O) groups is 1. The van der Waals surface area contributed by atoms with Crippen LogP contribution in [0.5, 0.6) is 0 Å².